The van der Waals surface area contributed by atoms with Gasteiger partial charge in [-0.3, -0.25) is 4.90 Å². The zero-order chi connectivity index (χ0) is 19.4. The Balaban J connectivity index is 1.70. The van der Waals surface area contributed by atoms with Crippen molar-refractivity contribution in [2.75, 3.05) is 26.2 Å². The molecule has 1 saturated heterocycles. The monoisotopic (exact) mass is 383 g/mol. The van der Waals surface area contributed by atoms with Crippen LogP contribution >= 0.6 is 0 Å². The molecule has 0 N–H and O–H groups in total. The molecule has 1 fully saturated rings. The molecule has 1 unspecified atom stereocenters. The van der Waals surface area contributed by atoms with Gasteiger partial charge in [0.1, 0.15) is 6.04 Å². The average Bonchev–Trinajstić information content (AvgIpc) is 2.70. The Hall–Kier alpha value is -2.20. The molecule has 0 radical (unpaired) electrons. The van der Waals surface area contributed by atoms with Gasteiger partial charge in [-0.1, -0.05) is 56.3 Å². The first-order valence-corrected chi connectivity index (χ1v) is 10.7. The van der Waals surface area contributed by atoms with Crippen LogP contribution in [0.4, 0.5) is 0 Å². The van der Waals surface area contributed by atoms with Crippen LogP contribution in [0.3, 0.4) is 0 Å². The number of sulfonamides is 1. The molecule has 5 nitrogen and oxygen atoms in total. The molecule has 2 aromatic rings. The zero-order valence-corrected chi connectivity index (χ0v) is 16.6. The molecule has 6 heteroatoms. The number of nitriles is 1. The SMILES string of the molecule is CC(C)c1ccc(S(=O)(=O)N2CCN(C(C#N)c3ccccc3)CC2)cc1. The second-order valence-electron chi connectivity index (χ2n) is 7.11. The van der Waals surface area contributed by atoms with Crippen molar-refractivity contribution in [3.63, 3.8) is 0 Å². The third-order valence-corrected chi connectivity index (χ3v) is 6.97. The fourth-order valence-corrected chi connectivity index (χ4v) is 4.80. The summed E-state index contributed by atoms with van der Waals surface area (Å²) < 4.78 is 27.4. The molecule has 2 aromatic carbocycles. The van der Waals surface area contributed by atoms with E-state index in [-0.39, 0.29) is 6.04 Å². The first-order valence-electron chi connectivity index (χ1n) is 9.22. The van der Waals surface area contributed by atoms with Crippen LogP contribution in [-0.4, -0.2) is 43.8 Å². The summed E-state index contributed by atoms with van der Waals surface area (Å²) in [6, 6.07) is 18.8. The molecule has 142 valence electrons. The van der Waals surface area contributed by atoms with Crippen molar-refractivity contribution in [3.05, 3.63) is 65.7 Å². The van der Waals surface area contributed by atoms with Crippen LogP contribution in [0.1, 0.15) is 36.9 Å². The molecule has 1 aliphatic rings. The summed E-state index contributed by atoms with van der Waals surface area (Å²) in [7, 11) is -3.50. The summed E-state index contributed by atoms with van der Waals surface area (Å²) >= 11 is 0. The molecule has 27 heavy (non-hydrogen) atoms. The summed E-state index contributed by atoms with van der Waals surface area (Å²) in [5, 5.41) is 9.58. The van der Waals surface area contributed by atoms with Crippen LogP contribution in [0, 0.1) is 11.3 Å². The number of rotatable bonds is 5. The molecule has 0 spiro atoms. The highest BCUT2D eigenvalue weighted by Gasteiger charge is 2.31. The number of hydrogen-bond acceptors (Lipinski definition) is 4. The molecule has 0 amide bonds. The van der Waals surface area contributed by atoms with Crippen LogP contribution in [0.15, 0.2) is 59.5 Å². The predicted molar refractivity (Wildman–Crippen MR) is 106 cm³/mol. The van der Waals surface area contributed by atoms with E-state index in [4.69, 9.17) is 0 Å². The first-order chi connectivity index (χ1) is 12.9. The van der Waals surface area contributed by atoms with E-state index in [2.05, 4.69) is 19.9 Å². The fraction of sp³-hybridized carbons (Fsp3) is 0.381. The zero-order valence-electron chi connectivity index (χ0n) is 15.7. The lowest BCUT2D eigenvalue weighted by Gasteiger charge is -2.36. The van der Waals surface area contributed by atoms with Crippen LogP contribution in [0.5, 0.6) is 0 Å². The number of piperazine rings is 1. The van der Waals surface area contributed by atoms with Crippen molar-refractivity contribution >= 4 is 10.0 Å². The third-order valence-electron chi connectivity index (χ3n) is 5.06. The van der Waals surface area contributed by atoms with Crippen molar-refractivity contribution in [3.8, 4) is 6.07 Å². The molecule has 0 bridgehead atoms. The average molecular weight is 384 g/mol. The Morgan fingerprint density at radius 2 is 1.48 bits per heavy atom. The van der Waals surface area contributed by atoms with Gasteiger partial charge in [0.25, 0.3) is 0 Å². The van der Waals surface area contributed by atoms with Gasteiger partial charge in [-0.25, -0.2) is 8.42 Å². The molecule has 0 aliphatic carbocycles. The molecular weight excluding hydrogens is 358 g/mol. The topological polar surface area (TPSA) is 64.4 Å². The van der Waals surface area contributed by atoms with E-state index in [0.29, 0.717) is 37.0 Å². The van der Waals surface area contributed by atoms with Crippen molar-refractivity contribution in [2.24, 2.45) is 0 Å². The Labute approximate surface area is 161 Å². The quantitative estimate of drug-likeness (QED) is 0.794. The maximum Gasteiger partial charge on any atom is 0.243 e. The van der Waals surface area contributed by atoms with Crippen LogP contribution in [-0.2, 0) is 10.0 Å². The lowest BCUT2D eigenvalue weighted by atomic mass is 10.0. The Bertz CT molecular complexity index is 895. The van der Waals surface area contributed by atoms with Crippen molar-refractivity contribution < 1.29 is 8.42 Å². The lowest BCUT2D eigenvalue weighted by molar-refractivity contribution is 0.162. The number of benzene rings is 2. The van der Waals surface area contributed by atoms with Gasteiger partial charge in [0.2, 0.25) is 10.0 Å². The normalized spacial score (nSPS) is 17.6. The summed E-state index contributed by atoms with van der Waals surface area (Å²) in [5.41, 5.74) is 2.07. The highest BCUT2D eigenvalue weighted by molar-refractivity contribution is 7.89. The predicted octanol–water partition coefficient (Wildman–Crippen LogP) is 3.38. The largest absolute Gasteiger partial charge is 0.282 e. The Kier molecular flexibility index (Phi) is 5.95. The summed E-state index contributed by atoms with van der Waals surface area (Å²) in [4.78, 5) is 2.38. The van der Waals surface area contributed by atoms with Crippen LogP contribution < -0.4 is 0 Å². The maximum absolute atomic E-state index is 12.9. The van der Waals surface area contributed by atoms with Crippen molar-refractivity contribution in [1.29, 1.82) is 5.26 Å². The van der Waals surface area contributed by atoms with E-state index in [0.717, 1.165) is 11.1 Å². The van der Waals surface area contributed by atoms with Gasteiger partial charge in [-0.15, -0.1) is 0 Å². The summed E-state index contributed by atoms with van der Waals surface area (Å²) in [6.07, 6.45) is 0. The minimum absolute atomic E-state index is 0.334. The standard InChI is InChI=1S/C21H25N3O2S/c1-17(2)18-8-10-20(11-9-18)27(25,26)24-14-12-23(13-15-24)21(16-22)19-6-4-3-5-7-19/h3-11,17,21H,12-15H2,1-2H3. The molecular formula is C21H25N3O2S. The third kappa shape index (κ3) is 4.22. The molecule has 3 rings (SSSR count). The van der Waals surface area contributed by atoms with Gasteiger partial charge in [-0.05, 0) is 29.2 Å². The second-order valence-corrected chi connectivity index (χ2v) is 9.04. The molecule has 0 saturated carbocycles. The second kappa shape index (κ2) is 8.22. The van der Waals surface area contributed by atoms with Gasteiger partial charge in [0.05, 0.1) is 11.0 Å². The number of hydrogen-bond donors (Lipinski definition) is 0. The smallest absolute Gasteiger partial charge is 0.243 e. The van der Waals surface area contributed by atoms with Gasteiger partial charge < -0.3 is 0 Å². The van der Waals surface area contributed by atoms with E-state index in [9.17, 15) is 13.7 Å². The van der Waals surface area contributed by atoms with E-state index in [1.54, 1.807) is 12.1 Å². The van der Waals surface area contributed by atoms with Crippen LogP contribution in [0.2, 0.25) is 0 Å². The van der Waals surface area contributed by atoms with E-state index in [1.807, 2.05) is 47.4 Å². The Morgan fingerprint density at radius 1 is 0.889 bits per heavy atom. The van der Waals surface area contributed by atoms with Crippen LogP contribution in [0.25, 0.3) is 0 Å². The first kappa shape index (κ1) is 19.6. The molecule has 0 aromatic heterocycles. The van der Waals surface area contributed by atoms with Gasteiger partial charge in [0.15, 0.2) is 0 Å². The Morgan fingerprint density at radius 3 is 2.00 bits per heavy atom. The lowest BCUT2D eigenvalue weighted by Crippen LogP contribution is -2.49. The maximum atomic E-state index is 12.9. The highest BCUT2D eigenvalue weighted by Crippen LogP contribution is 2.25. The minimum atomic E-state index is -3.50. The van der Waals surface area contributed by atoms with Gasteiger partial charge in [-0.2, -0.15) is 9.57 Å². The summed E-state index contributed by atoms with van der Waals surface area (Å²) in [5.74, 6) is 0.367. The summed E-state index contributed by atoms with van der Waals surface area (Å²) in [6.45, 7) is 6.02. The molecule has 1 atom stereocenters. The van der Waals surface area contributed by atoms with E-state index < -0.39 is 10.0 Å². The van der Waals surface area contributed by atoms with Gasteiger partial charge in [0, 0.05) is 26.2 Å². The van der Waals surface area contributed by atoms with E-state index >= 15 is 0 Å². The minimum Gasteiger partial charge on any atom is -0.282 e. The van der Waals surface area contributed by atoms with Gasteiger partial charge >= 0.3 is 0 Å². The van der Waals surface area contributed by atoms with E-state index in [1.165, 1.54) is 4.31 Å². The fourth-order valence-electron chi connectivity index (χ4n) is 3.38. The van der Waals surface area contributed by atoms with Crippen molar-refractivity contribution in [2.45, 2.75) is 30.7 Å². The molecule has 1 heterocycles. The molecule has 1 aliphatic heterocycles. The highest BCUT2D eigenvalue weighted by atomic mass is 32.2. The van der Waals surface area contributed by atoms with Crippen molar-refractivity contribution in [1.82, 2.24) is 9.21 Å². The number of nitrogens with zero attached hydrogens (tertiary/aromatic N) is 3.